The number of nitrogens with one attached hydrogen (secondary N) is 1. The minimum absolute atomic E-state index is 0.571. The van der Waals surface area contributed by atoms with Crippen LogP contribution in [0.15, 0.2) is 12.4 Å². The summed E-state index contributed by atoms with van der Waals surface area (Å²) in [4.78, 5) is 13.0. The predicted molar refractivity (Wildman–Crippen MR) is 77.2 cm³/mol. The minimum Gasteiger partial charge on any atom is -0.367 e. The maximum atomic E-state index is 4.33. The third-order valence-electron chi connectivity index (χ3n) is 3.21. The van der Waals surface area contributed by atoms with Crippen LogP contribution in [0.5, 0.6) is 0 Å². The summed E-state index contributed by atoms with van der Waals surface area (Å²) in [5, 5.41) is 3.36. The summed E-state index contributed by atoms with van der Waals surface area (Å²) in [5.41, 5.74) is 0. The van der Waals surface area contributed by atoms with Crippen LogP contribution in [0, 0.1) is 0 Å². The van der Waals surface area contributed by atoms with Gasteiger partial charge in [0, 0.05) is 39.1 Å². The van der Waals surface area contributed by atoms with E-state index < -0.39 is 0 Å². The van der Waals surface area contributed by atoms with Crippen molar-refractivity contribution in [3.8, 4) is 0 Å². The van der Waals surface area contributed by atoms with E-state index in [-0.39, 0.29) is 0 Å². The lowest BCUT2D eigenvalue weighted by Gasteiger charge is -2.23. The second-order valence-corrected chi connectivity index (χ2v) is 4.76. The molecular formula is C13H25N5. The van der Waals surface area contributed by atoms with E-state index in [0.717, 1.165) is 31.1 Å². The summed E-state index contributed by atoms with van der Waals surface area (Å²) >= 11 is 0. The molecule has 1 aromatic rings. The molecule has 0 fully saturated rings. The SMILES string of the molecule is CCN(C)C(C)CCNc1nccnc1N(C)C. The zero-order valence-electron chi connectivity index (χ0n) is 12.1. The lowest BCUT2D eigenvalue weighted by Crippen LogP contribution is -2.30. The van der Waals surface area contributed by atoms with Crippen molar-refractivity contribution < 1.29 is 0 Å². The van der Waals surface area contributed by atoms with Gasteiger partial charge in [-0.05, 0) is 26.9 Å². The Morgan fingerprint density at radius 3 is 2.50 bits per heavy atom. The first-order valence-corrected chi connectivity index (χ1v) is 6.48. The van der Waals surface area contributed by atoms with Gasteiger partial charge in [-0.15, -0.1) is 0 Å². The van der Waals surface area contributed by atoms with Gasteiger partial charge in [-0.2, -0.15) is 0 Å². The normalized spacial score (nSPS) is 12.6. The minimum atomic E-state index is 0.571. The van der Waals surface area contributed by atoms with Gasteiger partial charge in [0.05, 0.1) is 0 Å². The summed E-state index contributed by atoms with van der Waals surface area (Å²) in [6, 6.07) is 0.571. The molecule has 0 amide bonds. The summed E-state index contributed by atoms with van der Waals surface area (Å²) in [6.07, 6.45) is 4.53. The second kappa shape index (κ2) is 7.16. The van der Waals surface area contributed by atoms with E-state index in [0.29, 0.717) is 6.04 Å². The van der Waals surface area contributed by atoms with Crippen LogP contribution in [0.2, 0.25) is 0 Å². The van der Waals surface area contributed by atoms with Gasteiger partial charge in [0.2, 0.25) is 0 Å². The molecule has 0 bridgehead atoms. The molecule has 0 aliphatic carbocycles. The molecule has 1 unspecified atom stereocenters. The Balaban J connectivity index is 2.49. The van der Waals surface area contributed by atoms with E-state index in [2.05, 4.69) is 41.1 Å². The van der Waals surface area contributed by atoms with E-state index in [4.69, 9.17) is 0 Å². The third kappa shape index (κ3) is 4.14. The van der Waals surface area contributed by atoms with Gasteiger partial charge in [0.25, 0.3) is 0 Å². The van der Waals surface area contributed by atoms with Crippen LogP contribution in [-0.2, 0) is 0 Å². The quantitative estimate of drug-likeness (QED) is 0.799. The summed E-state index contributed by atoms with van der Waals surface area (Å²) < 4.78 is 0. The third-order valence-corrected chi connectivity index (χ3v) is 3.21. The predicted octanol–water partition coefficient (Wildman–Crippen LogP) is 1.68. The Kier molecular flexibility index (Phi) is 5.85. The van der Waals surface area contributed by atoms with Crippen molar-refractivity contribution in [1.82, 2.24) is 14.9 Å². The molecule has 102 valence electrons. The van der Waals surface area contributed by atoms with Crippen LogP contribution in [-0.4, -0.2) is 55.1 Å². The molecule has 1 rings (SSSR count). The molecular weight excluding hydrogens is 226 g/mol. The maximum absolute atomic E-state index is 4.33. The zero-order chi connectivity index (χ0) is 13.5. The molecule has 0 radical (unpaired) electrons. The highest BCUT2D eigenvalue weighted by Crippen LogP contribution is 2.17. The Morgan fingerprint density at radius 2 is 1.89 bits per heavy atom. The monoisotopic (exact) mass is 251 g/mol. The number of aromatic nitrogens is 2. The van der Waals surface area contributed by atoms with Crippen molar-refractivity contribution in [2.45, 2.75) is 26.3 Å². The largest absolute Gasteiger partial charge is 0.367 e. The van der Waals surface area contributed by atoms with E-state index in [9.17, 15) is 0 Å². The fraction of sp³-hybridized carbons (Fsp3) is 0.692. The smallest absolute Gasteiger partial charge is 0.171 e. The Hall–Kier alpha value is -1.36. The highest BCUT2D eigenvalue weighted by atomic mass is 15.2. The van der Waals surface area contributed by atoms with Gasteiger partial charge in [0.15, 0.2) is 11.6 Å². The number of rotatable bonds is 7. The Morgan fingerprint density at radius 1 is 1.22 bits per heavy atom. The van der Waals surface area contributed by atoms with E-state index in [1.807, 2.05) is 19.0 Å². The molecule has 18 heavy (non-hydrogen) atoms. The molecule has 1 atom stereocenters. The molecule has 0 aliphatic rings. The molecule has 1 heterocycles. The van der Waals surface area contributed by atoms with E-state index in [1.165, 1.54) is 0 Å². The lowest BCUT2D eigenvalue weighted by atomic mass is 10.2. The zero-order valence-corrected chi connectivity index (χ0v) is 12.1. The van der Waals surface area contributed by atoms with Crippen molar-refractivity contribution in [3.63, 3.8) is 0 Å². The highest BCUT2D eigenvalue weighted by Gasteiger charge is 2.09. The molecule has 0 saturated carbocycles. The average molecular weight is 251 g/mol. The molecule has 1 aromatic heterocycles. The van der Waals surface area contributed by atoms with E-state index in [1.54, 1.807) is 12.4 Å². The molecule has 0 aliphatic heterocycles. The highest BCUT2D eigenvalue weighted by molar-refractivity contribution is 5.59. The number of hydrogen-bond acceptors (Lipinski definition) is 5. The van der Waals surface area contributed by atoms with Gasteiger partial charge in [0.1, 0.15) is 0 Å². The lowest BCUT2D eigenvalue weighted by molar-refractivity contribution is 0.263. The summed E-state index contributed by atoms with van der Waals surface area (Å²) in [5.74, 6) is 1.74. The fourth-order valence-corrected chi connectivity index (χ4v) is 1.71. The first-order chi connectivity index (χ1) is 8.56. The van der Waals surface area contributed by atoms with Crippen molar-refractivity contribution in [1.29, 1.82) is 0 Å². The number of anilines is 2. The summed E-state index contributed by atoms with van der Waals surface area (Å²) in [6.45, 7) is 6.41. The van der Waals surface area contributed by atoms with Gasteiger partial charge in [-0.25, -0.2) is 9.97 Å². The molecule has 5 nitrogen and oxygen atoms in total. The first kappa shape index (κ1) is 14.7. The van der Waals surface area contributed by atoms with Crippen LogP contribution in [0.25, 0.3) is 0 Å². The molecule has 0 aromatic carbocycles. The van der Waals surface area contributed by atoms with Gasteiger partial charge in [-0.1, -0.05) is 6.92 Å². The molecule has 0 spiro atoms. The van der Waals surface area contributed by atoms with Crippen LogP contribution < -0.4 is 10.2 Å². The van der Waals surface area contributed by atoms with Gasteiger partial charge < -0.3 is 15.1 Å². The van der Waals surface area contributed by atoms with E-state index >= 15 is 0 Å². The topological polar surface area (TPSA) is 44.3 Å². The standard InChI is InChI=1S/C13H25N5/c1-6-18(5)11(2)7-8-14-12-13(17(3)4)16-10-9-15-12/h9-11H,6-8H2,1-5H3,(H,14,15). The average Bonchev–Trinajstić information content (AvgIpc) is 2.38. The van der Waals surface area contributed by atoms with Crippen molar-refractivity contribution in [3.05, 3.63) is 12.4 Å². The van der Waals surface area contributed by atoms with Crippen molar-refractivity contribution in [2.75, 3.05) is 44.4 Å². The van der Waals surface area contributed by atoms with Crippen LogP contribution in [0.1, 0.15) is 20.3 Å². The summed E-state index contributed by atoms with van der Waals surface area (Å²) in [7, 11) is 6.10. The Labute approximate surface area is 110 Å². The fourth-order valence-electron chi connectivity index (χ4n) is 1.71. The van der Waals surface area contributed by atoms with Crippen LogP contribution in [0.3, 0.4) is 0 Å². The van der Waals surface area contributed by atoms with Crippen molar-refractivity contribution >= 4 is 11.6 Å². The van der Waals surface area contributed by atoms with Gasteiger partial charge >= 0.3 is 0 Å². The second-order valence-electron chi connectivity index (χ2n) is 4.76. The van der Waals surface area contributed by atoms with Gasteiger partial charge in [-0.3, -0.25) is 0 Å². The molecule has 0 saturated heterocycles. The molecule has 5 heteroatoms. The molecule has 1 N–H and O–H groups in total. The van der Waals surface area contributed by atoms with Crippen LogP contribution in [0.4, 0.5) is 11.6 Å². The number of hydrogen-bond donors (Lipinski definition) is 1. The van der Waals surface area contributed by atoms with Crippen LogP contribution >= 0.6 is 0 Å². The maximum Gasteiger partial charge on any atom is 0.171 e. The first-order valence-electron chi connectivity index (χ1n) is 6.48. The Bertz CT molecular complexity index is 353. The number of nitrogens with zero attached hydrogens (tertiary/aromatic N) is 4. The van der Waals surface area contributed by atoms with Crippen molar-refractivity contribution in [2.24, 2.45) is 0 Å².